The SMILES string of the molecule is O=S1(=O)CCCC(CO)(Nc2ccccc2Br)C1. The van der Waals surface area contributed by atoms with Gasteiger partial charge in [0.15, 0.2) is 9.84 Å². The quantitative estimate of drug-likeness (QED) is 0.885. The number of rotatable bonds is 3. The summed E-state index contributed by atoms with van der Waals surface area (Å²) in [7, 11) is -3.07. The second-order valence-electron chi connectivity index (χ2n) is 4.74. The van der Waals surface area contributed by atoms with E-state index in [1.54, 1.807) is 0 Å². The summed E-state index contributed by atoms with van der Waals surface area (Å²) in [6.07, 6.45) is 1.24. The van der Waals surface area contributed by atoms with Gasteiger partial charge in [0.25, 0.3) is 0 Å². The van der Waals surface area contributed by atoms with Crippen molar-refractivity contribution in [2.24, 2.45) is 0 Å². The lowest BCUT2D eigenvalue weighted by Gasteiger charge is -2.37. The predicted molar refractivity (Wildman–Crippen MR) is 75.5 cm³/mol. The van der Waals surface area contributed by atoms with Gasteiger partial charge in [0.1, 0.15) is 0 Å². The zero-order valence-corrected chi connectivity index (χ0v) is 12.3. The Labute approximate surface area is 115 Å². The van der Waals surface area contributed by atoms with Gasteiger partial charge in [-0.1, -0.05) is 12.1 Å². The van der Waals surface area contributed by atoms with Crippen molar-refractivity contribution in [2.45, 2.75) is 18.4 Å². The molecule has 1 fully saturated rings. The molecule has 18 heavy (non-hydrogen) atoms. The Morgan fingerprint density at radius 3 is 2.72 bits per heavy atom. The number of halogens is 1. The van der Waals surface area contributed by atoms with E-state index in [-0.39, 0.29) is 18.1 Å². The molecule has 0 bridgehead atoms. The minimum absolute atomic E-state index is 0.0160. The maximum absolute atomic E-state index is 11.7. The molecular weight excluding hydrogens is 318 g/mol. The number of aliphatic hydroxyl groups excluding tert-OH is 1. The highest BCUT2D eigenvalue weighted by Crippen LogP contribution is 2.30. The van der Waals surface area contributed by atoms with Crippen molar-refractivity contribution in [3.8, 4) is 0 Å². The highest BCUT2D eigenvalue weighted by Gasteiger charge is 2.38. The smallest absolute Gasteiger partial charge is 0.152 e. The Bertz CT molecular complexity index is 532. The topological polar surface area (TPSA) is 66.4 Å². The first kappa shape index (κ1) is 13.8. The fourth-order valence-corrected chi connectivity index (χ4v) is 4.57. The molecule has 1 aliphatic rings. The van der Waals surface area contributed by atoms with Crippen molar-refractivity contribution in [1.29, 1.82) is 0 Å². The number of aliphatic hydroxyl groups is 1. The molecule has 6 heteroatoms. The van der Waals surface area contributed by atoms with Crippen molar-refractivity contribution in [3.05, 3.63) is 28.7 Å². The van der Waals surface area contributed by atoms with Crippen molar-refractivity contribution >= 4 is 31.5 Å². The van der Waals surface area contributed by atoms with Gasteiger partial charge in [-0.05, 0) is 40.9 Å². The van der Waals surface area contributed by atoms with Gasteiger partial charge in [-0.3, -0.25) is 0 Å². The normalized spacial score (nSPS) is 26.8. The van der Waals surface area contributed by atoms with Gasteiger partial charge >= 0.3 is 0 Å². The van der Waals surface area contributed by atoms with Gasteiger partial charge < -0.3 is 10.4 Å². The summed E-state index contributed by atoms with van der Waals surface area (Å²) in [5.41, 5.74) is 0.0460. The average molecular weight is 334 g/mol. The third kappa shape index (κ3) is 3.05. The number of hydrogen-bond donors (Lipinski definition) is 2. The summed E-state index contributed by atoms with van der Waals surface area (Å²) in [5.74, 6) is 0.199. The largest absolute Gasteiger partial charge is 0.394 e. The molecule has 1 heterocycles. The molecule has 2 N–H and O–H groups in total. The van der Waals surface area contributed by atoms with E-state index in [4.69, 9.17) is 0 Å². The van der Waals surface area contributed by atoms with Crippen LogP contribution in [0.25, 0.3) is 0 Å². The summed E-state index contributed by atoms with van der Waals surface area (Å²) in [4.78, 5) is 0. The molecule has 0 aromatic heterocycles. The second-order valence-corrected chi connectivity index (χ2v) is 7.78. The highest BCUT2D eigenvalue weighted by atomic mass is 79.9. The molecule has 0 spiro atoms. The Hall–Kier alpha value is -0.590. The third-order valence-corrected chi connectivity index (χ3v) is 5.78. The maximum atomic E-state index is 11.7. The number of benzene rings is 1. The lowest BCUT2D eigenvalue weighted by Crippen LogP contribution is -2.51. The zero-order valence-electron chi connectivity index (χ0n) is 9.89. The Balaban J connectivity index is 2.26. The van der Waals surface area contributed by atoms with E-state index in [1.165, 1.54) is 0 Å². The Morgan fingerprint density at radius 2 is 2.11 bits per heavy atom. The molecule has 0 saturated carbocycles. The number of para-hydroxylation sites is 1. The Morgan fingerprint density at radius 1 is 1.39 bits per heavy atom. The molecular formula is C12H16BrNO3S. The van der Waals surface area contributed by atoms with Crippen LogP contribution in [0.4, 0.5) is 5.69 Å². The predicted octanol–water partition coefficient (Wildman–Crippen LogP) is 1.80. The van der Waals surface area contributed by atoms with Crippen molar-refractivity contribution in [3.63, 3.8) is 0 Å². The minimum Gasteiger partial charge on any atom is -0.394 e. The minimum atomic E-state index is -3.07. The van der Waals surface area contributed by atoms with Crippen LogP contribution >= 0.6 is 15.9 Å². The van der Waals surface area contributed by atoms with Crippen molar-refractivity contribution in [1.82, 2.24) is 0 Å². The van der Waals surface area contributed by atoms with Crippen LogP contribution in [0, 0.1) is 0 Å². The van der Waals surface area contributed by atoms with Gasteiger partial charge in [-0.2, -0.15) is 0 Å². The Kier molecular flexibility index (Phi) is 3.99. The van der Waals surface area contributed by atoms with E-state index in [0.717, 1.165) is 10.2 Å². The standard InChI is InChI=1S/C12H16BrNO3S/c13-10-4-1-2-5-11(10)14-12(8-15)6-3-7-18(16,17)9-12/h1-2,4-5,14-15H,3,6-9H2. The molecule has 0 amide bonds. The van der Waals surface area contributed by atoms with Gasteiger partial charge in [-0.15, -0.1) is 0 Å². The van der Waals surface area contributed by atoms with Crippen LogP contribution in [0.1, 0.15) is 12.8 Å². The average Bonchev–Trinajstić information content (AvgIpc) is 2.31. The van der Waals surface area contributed by atoms with Crippen LogP contribution in [0.5, 0.6) is 0 Å². The number of hydrogen-bond acceptors (Lipinski definition) is 4. The second kappa shape index (κ2) is 5.19. The highest BCUT2D eigenvalue weighted by molar-refractivity contribution is 9.10. The molecule has 1 saturated heterocycles. The van der Waals surface area contributed by atoms with Crippen LogP contribution in [0.15, 0.2) is 28.7 Å². The van der Waals surface area contributed by atoms with Crippen LogP contribution in [-0.2, 0) is 9.84 Å². The number of nitrogens with one attached hydrogen (secondary N) is 1. The van der Waals surface area contributed by atoms with E-state index in [1.807, 2.05) is 24.3 Å². The maximum Gasteiger partial charge on any atom is 0.152 e. The molecule has 1 aromatic carbocycles. The van der Waals surface area contributed by atoms with Crippen LogP contribution in [0.3, 0.4) is 0 Å². The summed E-state index contributed by atoms with van der Waals surface area (Å²) in [6, 6.07) is 7.50. The number of sulfone groups is 1. The summed E-state index contributed by atoms with van der Waals surface area (Å²) < 4.78 is 24.3. The molecule has 4 nitrogen and oxygen atoms in total. The van der Waals surface area contributed by atoms with Crippen molar-refractivity contribution in [2.75, 3.05) is 23.4 Å². The van der Waals surface area contributed by atoms with Crippen molar-refractivity contribution < 1.29 is 13.5 Å². The van der Waals surface area contributed by atoms with Gasteiger partial charge in [0, 0.05) is 10.2 Å². The molecule has 100 valence electrons. The van der Waals surface area contributed by atoms with E-state index in [9.17, 15) is 13.5 Å². The zero-order chi connectivity index (χ0) is 13.2. The van der Waals surface area contributed by atoms with Gasteiger partial charge in [0.05, 0.1) is 23.7 Å². The van der Waals surface area contributed by atoms with Crippen LogP contribution in [0.2, 0.25) is 0 Å². The van der Waals surface area contributed by atoms with E-state index < -0.39 is 15.4 Å². The molecule has 1 unspecified atom stereocenters. The lowest BCUT2D eigenvalue weighted by molar-refractivity contribution is 0.212. The number of anilines is 1. The first-order valence-corrected chi connectivity index (χ1v) is 8.42. The fraction of sp³-hybridized carbons (Fsp3) is 0.500. The summed E-state index contributed by atoms with van der Waals surface area (Å²) in [5, 5.41) is 12.8. The fourth-order valence-electron chi connectivity index (χ4n) is 2.31. The third-order valence-electron chi connectivity index (χ3n) is 3.18. The first-order chi connectivity index (χ1) is 8.46. The summed E-state index contributed by atoms with van der Waals surface area (Å²) in [6.45, 7) is -0.187. The van der Waals surface area contributed by atoms with E-state index >= 15 is 0 Å². The summed E-state index contributed by atoms with van der Waals surface area (Å²) >= 11 is 3.41. The van der Waals surface area contributed by atoms with Crippen LogP contribution < -0.4 is 5.32 Å². The molecule has 2 rings (SSSR count). The monoisotopic (exact) mass is 333 g/mol. The molecule has 0 radical (unpaired) electrons. The van der Waals surface area contributed by atoms with Gasteiger partial charge in [-0.25, -0.2) is 8.42 Å². The van der Waals surface area contributed by atoms with Crippen LogP contribution in [-0.4, -0.2) is 37.2 Å². The molecule has 1 aliphatic heterocycles. The molecule has 1 atom stereocenters. The molecule has 0 aliphatic carbocycles. The van der Waals surface area contributed by atoms with E-state index in [0.29, 0.717) is 12.8 Å². The van der Waals surface area contributed by atoms with E-state index in [2.05, 4.69) is 21.2 Å². The molecule has 1 aromatic rings. The first-order valence-electron chi connectivity index (χ1n) is 5.80. The lowest BCUT2D eigenvalue weighted by atomic mass is 9.96. The van der Waals surface area contributed by atoms with Gasteiger partial charge in [0.2, 0.25) is 0 Å².